The Bertz CT molecular complexity index is 823. The summed E-state index contributed by atoms with van der Waals surface area (Å²) in [7, 11) is -0.437. The summed E-state index contributed by atoms with van der Waals surface area (Å²) in [6.45, 7) is 9.15. The van der Waals surface area contributed by atoms with Gasteiger partial charge in [0.05, 0.1) is 22.9 Å². The number of hydrogen-bond acceptors (Lipinski definition) is 6. The number of carbonyl (C=O) groups excluding carboxylic acids is 1. The first-order valence-electron chi connectivity index (χ1n) is 9.80. The Balaban J connectivity index is 1.79. The number of rotatable bonds is 5. The first-order valence-corrected chi connectivity index (χ1v) is 9.80. The zero-order valence-electron chi connectivity index (χ0n) is 17.6. The van der Waals surface area contributed by atoms with Crippen molar-refractivity contribution in [1.29, 1.82) is 0 Å². The second-order valence-electron chi connectivity index (χ2n) is 8.82. The number of halogens is 3. The highest BCUT2D eigenvalue weighted by Gasteiger charge is 2.51. The molecule has 0 radical (unpaired) electrons. The average Bonchev–Trinajstić information content (AvgIpc) is 3.01. The maximum Gasteiger partial charge on any atom is 0.462 e. The summed E-state index contributed by atoms with van der Waals surface area (Å²) in [5, 5.41) is 15.9. The molecule has 0 N–H and O–H groups in total. The maximum absolute atomic E-state index is 13.3. The van der Waals surface area contributed by atoms with E-state index in [9.17, 15) is 23.1 Å². The molecular formula is C20H25BF3N2O4-. The Morgan fingerprint density at radius 3 is 2.17 bits per heavy atom. The second kappa shape index (κ2) is 7.57. The first-order chi connectivity index (χ1) is 13.7. The Kier molecular flexibility index (Phi) is 5.70. The average molecular weight is 425 g/mol. The van der Waals surface area contributed by atoms with Crippen molar-refractivity contribution in [3.8, 4) is 0 Å². The highest BCUT2D eigenvalue weighted by Crippen LogP contribution is 2.38. The van der Waals surface area contributed by atoms with Gasteiger partial charge in [0, 0.05) is 24.6 Å². The molecule has 2 aliphatic heterocycles. The van der Waals surface area contributed by atoms with Crippen LogP contribution >= 0.6 is 0 Å². The molecule has 1 fully saturated rings. The lowest BCUT2D eigenvalue weighted by Crippen LogP contribution is -2.41. The van der Waals surface area contributed by atoms with Gasteiger partial charge < -0.3 is 19.2 Å². The Morgan fingerprint density at radius 1 is 1.17 bits per heavy atom. The maximum atomic E-state index is 13.3. The number of alkyl halides is 3. The fourth-order valence-corrected chi connectivity index (χ4v) is 3.70. The summed E-state index contributed by atoms with van der Waals surface area (Å²) in [5.74, 6) is -2.51. The monoisotopic (exact) mass is 425 g/mol. The van der Waals surface area contributed by atoms with Gasteiger partial charge >= 0.3 is 13.3 Å². The number of hydrazone groups is 1. The molecule has 2 heterocycles. The minimum absolute atomic E-state index is 0.380. The van der Waals surface area contributed by atoms with E-state index >= 15 is 0 Å². The van der Waals surface area contributed by atoms with Crippen LogP contribution in [0.15, 0.2) is 29.4 Å². The molecule has 0 bridgehead atoms. The van der Waals surface area contributed by atoms with Gasteiger partial charge in [-0.25, -0.2) is 0 Å². The van der Waals surface area contributed by atoms with E-state index in [2.05, 4.69) is 5.10 Å². The quantitative estimate of drug-likeness (QED) is 0.679. The molecular weight excluding hydrogens is 400 g/mol. The first kappa shape index (κ1) is 22.6. The SMILES string of the molecule is C[C@@H]1C(C(F)(F)F)=NN(c2ccc(CB3OC(C)(C)C(C)(C)O3)cc2)[C@H]1CC(=O)[O-]. The number of aliphatic carboxylic acids is 1. The summed E-state index contributed by atoms with van der Waals surface area (Å²) < 4.78 is 51.8. The van der Waals surface area contributed by atoms with Gasteiger partial charge in [-0.05, 0) is 45.4 Å². The van der Waals surface area contributed by atoms with E-state index in [0.717, 1.165) is 10.6 Å². The van der Waals surface area contributed by atoms with Crippen molar-refractivity contribution >= 4 is 24.5 Å². The number of carbonyl (C=O) groups is 1. The van der Waals surface area contributed by atoms with E-state index in [4.69, 9.17) is 9.31 Å². The van der Waals surface area contributed by atoms with E-state index < -0.39 is 54.6 Å². The molecule has 1 aromatic rings. The van der Waals surface area contributed by atoms with Crippen LogP contribution in [0.3, 0.4) is 0 Å². The van der Waals surface area contributed by atoms with Gasteiger partial charge in [-0.1, -0.05) is 19.1 Å². The van der Waals surface area contributed by atoms with Crippen LogP contribution in [-0.2, 0) is 20.4 Å². The van der Waals surface area contributed by atoms with E-state index in [0.29, 0.717) is 12.0 Å². The molecule has 2 atom stereocenters. The lowest BCUT2D eigenvalue weighted by molar-refractivity contribution is -0.306. The summed E-state index contributed by atoms with van der Waals surface area (Å²) in [5.41, 5.74) is -0.644. The van der Waals surface area contributed by atoms with Gasteiger partial charge in [-0.2, -0.15) is 18.3 Å². The predicted octanol–water partition coefficient (Wildman–Crippen LogP) is 2.74. The van der Waals surface area contributed by atoms with Crippen molar-refractivity contribution in [3.63, 3.8) is 0 Å². The van der Waals surface area contributed by atoms with Crippen molar-refractivity contribution in [3.05, 3.63) is 29.8 Å². The van der Waals surface area contributed by atoms with Crippen LogP contribution in [0.1, 0.15) is 46.6 Å². The summed E-state index contributed by atoms with van der Waals surface area (Å²) in [4.78, 5) is 11.1. The molecule has 0 aromatic heterocycles. The number of benzene rings is 1. The van der Waals surface area contributed by atoms with Crippen LogP contribution in [0.4, 0.5) is 18.9 Å². The molecule has 0 spiro atoms. The van der Waals surface area contributed by atoms with Crippen LogP contribution in [-0.4, -0.2) is 42.2 Å². The minimum Gasteiger partial charge on any atom is -0.550 e. The molecule has 10 heteroatoms. The molecule has 164 valence electrons. The number of nitrogens with zero attached hydrogens (tertiary/aromatic N) is 2. The molecule has 0 aliphatic carbocycles. The van der Waals surface area contributed by atoms with E-state index in [1.807, 2.05) is 27.7 Å². The van der Waals surface area contributed by atoms with Crippen LogP contribution in [0, 0.1) is 5.92 Å². The van der Waals surface area contributed by atoms with Crippen molar-refractivity contribution in [2.45, 2.75) is 70.8 Å². The van der Waals surface area contributed by atoms with Gasteiger partial charge in [-0.3, -0.25) is 5.01 Å². The lowest BCUT2D eigenvalue weighted by atomic mass is 9.81. The third kappa shape index (κ3) is 4.34. The normalized spacial score (nSPS) is 25.5. The minimum atomic E-state index is -4.63. The third-order valence-corrected chi connectivity index (χ3v) is 6.11. The van der Waals surface area contributed by atoms with Crippen molar-refractivity contribution in [1.82, 2.24) is 0 Å². The highest BCUT2D eigenvalue weighted by atomic mass is 19.4. The van der Waals surface area contributed by atoms with Crippen molar-refractivity contribution < 1.29 is 32.4 Å². The van der Waals surface area contributed by atoms with Crippen molar-refractivity contribution in [2.75, 3.05) is 5.01 Å². The topological polar surface area (TPSA) is 74.2 Å². The molecule has 0 amide bonds. The van der Waals surface area contributed by atoms with Crippen LogP contribution in [0.2, 0.25) is 0 Å². The molecule has 0 saturated carbocycles. The Hall–Kier alpha value is -2.07. The van der Waals surface area contributed by atoms with Crippen LogP contribution < -0.4 is 10.1 Å². The Morgan fingerprint density at radius 2 is 1.70 bits per heavy atom. The van der Waals surface area contributed by atoms with E-state index in [1.165, 1.54) is 6.92 Å². The number of carboxylic acids is 1. The summed E-state index contributed by atoms with van der Waals surface area (Å²) in [6, 6.07) is 5.78. The fourth-order valence-electron chi connectivity index (χ4n) is 3.70. The van der Waals surface area contributed by atoms with Gasteiger partial charge in [0.2, 0.25) is 0 Å². The largest absolute Gasteiger partial charge is 0.550 e. The standard InChI is InChI=1S/C20H26BF3N2O4/c1-12-15(10-16(27)28)26(25-17(12)20(22,23)24)14-8-6-13(7-9-14)11-21-29-18(2,3)19(4,5)30-21/h6-9,12,15H,10-11H2,1-5H3,(H,27,28)/p-1/t12-,15-/m0/s1. The zero-order chi connectivity index (χ0) is 22.5. The highest BCUT2D eigenvalue weighted by molar-refractivity contribution is 6.45. The predicted molar refractivity (Wildman–Crippen MR) is 105 cm³/mol. The summed E-state index contributed by atoms with van der Waals surface area (Å²) in [6.07, 6.45) is -4.71. The fraction of sp³-hybridized carbons (Fsp3) is 0.600. The number of anilines is 1. The van der Waals surface area contributed by atoms with E-state index in [1.54, 1.807) is 24.3 Å². The molecule has 3 rings (SSSR count). The molecule has 1 saturated heterocycles. The van der Waals surface area contributed by atoms with Crippen LogP contribution in [0.5, 0.6) is 0 Å². The van der Waals surface area contributed by atoms with Crippen molar-refractivity contribution in [2.24, 2.45) is 11.0 Å². The lowest BCUT2D eigenvalue weighted by Gasteiger charge is -2.32. The number of hydrogen-bond donors (Lipinski definition) is 0. The van der Waals surface area contributed by atoms with Gasteiger partial charge in [0.15, 0.2) is 0 Å². The molecule has 0 unspecified atom stereocenters. The van der Waals surface area contributed by atoms with Gasteiger partial charge in [-0.15, -0.1) is 0 Å². The summed E-state index contributed by atoms with van der Waals surface area (Å²) >= 11 is 0. The number of carboxylic acid groups (broad SMARTS) is 1. The van der Waals surface area contributed by atoms with Gasteiger partial charge in [0.25, 0.3) is 0 Å². The molecule has 1 aromatic carbocycles. The third-order valence-electron chi connectivity index (χ3n) is 6.11. The zero-order valence-corrected chi connectivity index (χ0v) is 17.6. The van der Waals surface area contributed by atoms with Crippen LogP contribution in [0.25, 0.3) is 0 Å². The molecule has 2 aliphatic rings. The van der Waals surface area contributed by atoms with Gasteiger partial charge in [0.1, 0.15) is 5.71 Å². The molecule has 30 heavy (non-hydrogen) atoms. The smallest absolute Gasteiger partial charge is 0.462 e. The second-order valence-corrected chi connectivity index (χ2v) is 8.82. The molecule has 6 nitrogen and oxygen atoms in total. The van der Waals surface area contributed by atoms with E-state index in [-0.39, 0.29) is 0 Å². The Labute approximate surface area is 174 Å².